The van der Waals surface area contributed by atoms with E-state index in [-0.39, 0.29) is 23.5 Å². The number of rotatable bonds is 7. The Kier molecular flexibility index (Phi) is 5.75. The van der Waals surface area contributed by atoms with Gasteiger partial charge in [0.15, 0.2) is 0 Å². The molecule has 1 amide bonds. The zero-order valence-electron chi connectivity index (χ0n) is 16.6. The van der Waals surface area contributed by atoms with Crippen LogP contribution in [0.15, 0.2) is 77.4 Å². The topological polar surface area (TPSA) is 67.2 Å². The lowest BCUT2D eigenvalue weighted by Crippen LogP contribution is -2.33. The molecule has 4 rings (SSSR count). The van der Waals surface area contributed by atoms with Gasteiger partial charge in [0, 0.05) is 17.8 Å². The maximum atomic E-state index is 13.2. The lowest BCUT2D eigenvalue weighted by molar-refractivity contribution is 0.0933. The summed E-state index contributed by atoms with van der Waals surface area (Å²) in [5.74, 6) is -0.106. The first kappa shape index (κ1) is 19.6. The number of amides is 1. The molecule has 2 aromatic heterocycles. The van der Waals surface area contributed by atoms with Crippen LogP contribution in [0.1, 0.15) is 29.4 Å². The largest absolute Gasteiger partial charge is 0.464 e. The predicted molar refractivity (Wildman–Crippen MR) is 115 cm³/mol. The first-order valence-corrected chi connectivity index (χ1v) is 9.84. The van der Waals surface area contributed by atoms with E-state index in [1.54, 1.807) is 30.5 Å². The highest BCUT2D eigenvalue weighted by molar-refractivity contribution is 5.99. The Hall–Kier alpha value is -3.67. The molecule has 0 aliphatic rings. The van der Waals surface area contributed by atoms with E-state index in [1.807, 2.05) is 25.1 Å². The summed E-state index contributed by atoms with van der Waals surface area (Å²) in [4.78, 5) is 17.3. The standard InChI is InChI=1S/C24H22FN3O2/c1-16(7-8-17-5-3-2-4-6-17)26-24(29)21-15-22-20(13-14-30-22)23(28-21)27-19-11-9-18(25)10-12-19/h2-6,9-16H,7-8H2,1H3,(H,26,29)(H,27,28). The zero-order valence-corrected chi connectivity index (χ0v) is 16.6. The number of nitrogens with one attached hydrogen (secondary N) is 2. The molecule has 2 heterocycles. The Bertz CT molecular complexity index is 1140. The first-order valence-electron chi connectivity index (χ1n) is 9.84. The summed E-state index contributed by atoms with van der Waals surface area (Å²) in [5, 5.41) is 6.88. The van der Waals surface area contributed by atoms with E-state index >= 15 is 0 Å². The quantitative estimate of drug-likeness (QED) is 0.430. The number of anilines is 2. The predicted octanol–water partition coefficient (Wildman–Crippen LogP) is 5.46. The molecule has 30 heavy (non-hydrogen) atoms. The summed E-state index contributed by atoms with van der Waals surface area (Å²) in [6.07, 6.45) is 3.25. The second kappa shape index (κ2) is 8.78. The van der Waals surface area contributed by atoms with Crippen molar-refractivity contribution in [1.29, 1.82) is 0 Å². The highest BCUT2D eigenvalue weighted by atomic mass is 19.1. The van der Waals surface area contributed by atoms with Gasteiger partial charge in [-0.2, -0.15) is 0 Å². The van der Waals surface area contributed by atoms with Gasteiger partial charge in [-0.15, -0.1) is 0 Å². The second-order valence-electron chi connectivity index (χ2n) is 7.22. The Labute approximate surface area is 173 Å². The van der Waals surface area contributed by atoms with E-state index in [4.69, 9.17) is 4.42 Å². The Balaban J connectivity index is 1.49. The summed E-state index contributed by atoms with van der Waals surface area (Å²) >= 11 is 0. The molecule has 0 saturated carbocycles. The highest BCUT2D eigenvalue weighted by Gasteiger charge is 2.16. The molecule has 1 unspecified atom stereocenters. The van der Waals surface area contributed by atoms with Crippen molar-refractivity contribution in [3.05, 3.63) is 90.1 Å². The summed E-state index contributed by atoms with van der Waals surface area (Å²) in [6, 6.07) is 19.5. The third-order valence-electron chi connectivity index (χ3n) is 4.88. The van der Waals surface area contributed by atoms with Crippen LogP contribution in [0.2, 0.25) is 0 Å². The van der Waals surface area contributed by atoms with Crippen molar-refractivity contribution in [2.75, 3.05) is 5.32 Å². The number of carbonyl (C=O) groups excluding carboxylic acids is 1. The number of nitrogens with zero attached hydrogens (tertiary/aromatic N) is 1. The minimum absolute atomic E-state index is 0.0136. The Morgan fingerprint density at radius 3 is 2.63 bits per heavy atom. The summed E-state index contributed by atoms with van der Waals surface area (Å²) in [6.45, 7) is 1.98. The van der Waals surface area contributed by atoms with Gasteiger partial charge in [-0.05, 0) is 55.7 Å². The normalized spacial score (nSPS) is 11.9. The number of furan rings is 1. The molecule has 152 valence electrons. The fourth-order valence-corrected chi connectivity index (χ4v) is 3.24. The van der Waals surface area contributed by atoms with E-state index in [0.29, 0.717) is 17.1 Å². The van der Waals surface area contributed by atoms with E-state index in [0.717, 1.165) is 18.2 Å². The molecule has 0 spiro atoms. The maximum absolute atomic E-state index is 13.2. The van der Waals surface area contributed by atoms with Crippen LogP contribution in [0.25, 0.3) is 11.0 Å². The third kappa shape index (κ3) is 4.66. The van der Waals surface area contributed by atoms with Crippen molar-refractivity contribution in [2.45, 2.75) is 25.8 Å². The lowest BCUT2D eigenvalue weighted by Gasteiger charge is -2.14. The van der Waals surface area contributed by atoms with Crippen molar-refractivity contribution in [1.82, 2.24) is 10.3 Å². The molecule has 0 radical (unpaired) electrons. The van der Waals surface area contributed by atoms with Crippen molar-refractivity contribution >= 4 is 28.4 Å². The zero-order chi connectivity index (χ0) is 20.9. The van der Waals surface area contributed by atoms with E-state index in [2.05, 4.69) is 27.8 Å². The Morgan fingerprint density at radius 1 is 1.10 bits per heavy atom. The van der Waals surface area contributed by atoms with Crippen LogP contribution in [-0.2, 0) is 6.42 Å². The lowest BCUT2D eigenvalue weighted by atomic mass is 10.1. The number of benzene rings is 2. The monoisotopic (exact) mass is 403 g/mol. The molecule has 0 saturated heterocycles. The molecule has 2 aromatic carbocycles. The highest BCUT2D eigenvalue weighted by Crippen LogP contribution is 2.27. The molecular formula is C24H22FN3O2. The number of carbonyl (C=O) groups is 1. The third-order valence-corrected chi connectivity index (χ3v) is 4.88. The molecule has 1 atom stereocenters. The number of hydrogen-bond donors (Lipinski definition) is 2. The van der Waals surface area contributed by atoms with Crippen LogP contribution in [-0.4, -0.2) is 16.9 Å². The fourth-order valence-electron chi connectivity index (χ4n) is 3.24. The average Bonchev–Trinajstić information content (AvgIpc) is 3.24. The number of fused-ring (bicyclic) bond motifs is 1. The van der Waals surface area contributed by atoms with Crippen LogP contribution < -0.4 is 10.6 Å². The molecule has 0 aliphatic carbocycles. The minimum Gasteiger partial charge on any atom is -0.464 e. The number of halogens is 1. The molecule has 4 aromatic rings. The van der Waals surface area contributed by atoms with E-state index < -0.39 is 0 Å². The van der Waals surface area contributed by atoms with Gasteiger partial charge in [0.1, 0.15) is 22.9 Å². The van der Waals surface area contributed by atoms with Crippen molar-refractivity contribution in [3.63, 3.8) is 0 Å². The molecule has 5 nitrogen and oxygen atoms in total. The van der Waals surface area contributed by atoms with Crippen molar-refractivity contribution < 1.29 is 13.6 Å². The average molecular weight is 403 g/mol. The number of hydrogen-bond acceptors (Lipinski definition) is 4. The molecule has 2 N–H and O–H groups in total. The SMILES string of the molecule is CC(CCc1ccccc1)NC(=O)c1cc2occc2c(Nc2ccc(F)cc2)n1. The van der Waals surface area contributed by atoms with Gasteiger partial charge in [-0.3, -0.25) is 4.79 Å². The van der Waals surface area contributed by atoms with Gasteiger partial charge in [-0.1, -0.05) is 30.3 Å². The van der Waals surface area contributed by atoms with Crippen LogP contribution >= 0.6 is 0 Å². The number of aromatic nitrogens is 1. The molecule has 0 aliphatic heterocycles. The summed E-state index contributed by atoms with van der Waals surface area (Å²) in [5.41, 5.74) is 2.71. The number of aryl methyl sites for hydroxylation is 1. The van der Waals surface area contributed by atoms with Gasteiger partial charge in [0.2, 0.25) is 0 Å². The van der Waals surface area contributed by atoms with Crippen molar-refractivity contribution in [2.24, 2.45) is 0 Å². The molecule has 0 bridgehead atoms. The Morgan fingerprint density at radius 2 is 1.87 bits per heavy atom. The van der Waals surface area contributed by atoms with E-state index in [1.165, 1.54) is 17.7 Å². The van der Waals surface area contributed by atoms with Crippen LogP contribution in [0.3, 0.4) is 0 Å². The minimum atomic E-state index is -0.320. The van der Waals surface area contributed by atoms with Crippen LogP contribution in [0.4, 0.5) is 15.9 Å². The first-order chi connectivity index (χ1) is 14.6. The fraction of sp³-hybridized carbons (Fsp3) is 0.167. The van der Waals surface area contributed by atoms with Crippen LogP contribution in [0.5, 0.6) is 0 Å². The van der Waals surface area contributed by atoms with Gasteiger partial charge < -0.3 is 15.1 Å². The second-order valence-corrected chi connectivity index (χ2v) is 7.22. The maximum Gasteiger partial charge on any atom is 0.270 e. The molecular weight excluding hydrogens is 381 g/mol. The summed E-state index contributed by atoms with van der Waals surface area (Å²) < 4.78 is 18.7. The van der Waals surface area contributed by atoms with E-state index in [9.17, 15) is 9.18 Å². The van der Waals surface area contributed by atoms with Gasteiger partial charge >= 0.3 is 0 Å². The van der Waals surface area contributed by atoms with Gasteiger partial charge in [0.25, 0.3) is 5.91 Å². The molecule has 0 fully saturated rings. The van der Waals surface area contributed by atoms with Gasteiger partial charge in [0.05, 0.1) is 11.6 Å². The van der Waals surface area contributed by atoms with Gasteiger partial charge in [-0.25, -0.2) is 9.37 Å². The number of pyridine rings is 1. The summed E-state index contributed by atoms with van der Waals surface area (Å²) in [7, 11) is 0. The smallest absolute Gasteiger partial charge is 0.270 e. The van der Waals surface area contributed by atoms with Crippen molar-refractivity contribution in [3.8, 4) is 0 Å². The van der Waals surface area contributed by atoms with Crippen LogP contribution in [0, 0.1) is 5.82 Å². The molecule has 6 heteroatoms.